The summed E-state index contributed by atoms with van der Waals surface area (Å²) in [6.07, 6.45) is 0.781. The molecule has 37 heavy (non-hydrogen) atoms. The van der Waals surface area contributed by atoms with Gasteiger partial charge in [0.15, 0.2) is 0 Å². The molecule has 1 aromatic rings. The Bertz CT molecular complexity index is 676. The molecule has 0 atom stereocenters. The lowest BCUT2D eigenvalue weighted by Gasteiger charge is -2.22. The molecule has 0 saturated carbocycles. The fourth-order valence-electron chi connectivity index (χ4n) is 3.27. The number of carbonyl (C=O) groups is 2. The first kappa shape index (κ1) is 32.9. The number of amides is 2. The second-order valence-corrected chi connectivity index (χ2v) is 9.41. The summed E-state index contributed by atoms with van der Waals surface area (Å²) in [5, 5.41) is 5.88. The lowest BCUT2D eigenvalue weighted by Crippen LogP contribution is -2.38. The maximum absolute atomic E-state index is 12.2. The molecule has 0 aliphatic heterocycles. The van der Waals surface area contributed by atoms with Gasteiger partial charge in [-0.3, -0.25) is 9.59 Å². The molecule has 0 unspecified atom stereocenters. The average molecular weight is 524 g/mol. The SMILES string of the molecule is CN(C)CCNC(=O)CCN(CCOCCOCCOCc1ccccc1)CCC(=O)NCCN(C)C. The normalized spacial score (nSPS) is 11.4. The molecule has 0 radical (unpaired) electrons. The van der Waals surface area contributed by atoms with Gasteiger partial charge < -0.3 is 39.5 Å². The van der Waals surface area contributed by atoms with Crippen LogP contribution in [0.4, 0.5) is 0 Å². The van der Waals surface area contributed by atoms with Gasteiger partial charge in [-0.2, -0.15) is 0 Å². The van der Waals surface area contributed by atoms with Crippen molar-refractivity contribution in [3.63, 3.8) is 0 Å². The first-order valence-corrected chi connectivity index (χ1v) is 13.2. The number of benzene rings is 1. The van der Waals surface area contributed by atoms with Gasteiger partial charge in [0.2, 0.25) is 11.8 Å². The molecule has 10 heteroatoms. The number of rotatable bonds is 23. The van der Waals surface area contributed by atoms with E-state index in [1.165, 1.54) is 0 Å². The largest absolute Gasteiger partial charge is 0.378 e. The van der Waals surface area contributed by atoms with E-state index < -0.39 is 0 Å². The number of hydrogen-bond acceptors (Lipinski definition) is 8. The third-order valence-electron chi connectivity index (χ3n) is 5.48. The van der Waals surface area contributed by atoms with Crippen molar-refractivity contribution in [2.75, 3.05) is 107 Å². The van der Waals surface area contributed by atoms with Gasteiger partial charge >= 0.3 is 0 Å². The zero-order chi connectivity index (χ0) is 27.1. The predicted molar refractivity (Wildman–Crippen MR) is 147 cm³/mol. The lowest BCUT2D eigenvalue weighted by atomic mass is 10.2. The van der Waals surface area contributed by atoms with Crippen LogP contribution < -0.4 is 10.6 Å². The highest BCUT2D eigenvalue weighted by atomic mass is 16.5. The van der Waals surface area contributed by atoms with E-state index in [1.807, 2.05) is 68.3 Å². The number of hydrogen-bond donors (Lipinski definition) is 2. The fourth-order valence-corrected chi connectivity index (χ4v) is 3.27. The van der Waals surface area contributed by atoms with Gasteiger partial charge in [0.25, 0.3) is 0 Å². The lowest BCUT2D eigenvalue weighted by molar-refractivity contribution is -0.121. The van der Waals surface area contributed by atoms with Gasteiger partial charge in [0, 0.05) is 58.7 Å². The maximum Gasteiger partial charge on any atom is 0.221 e. The van der Waals surface area contributed by atoms with Gasteiger partial charge in [-0.25, -0.2) is 0 Å². The summed E-state index contributed by atoms with van der Waals surface area (Å²) in [6, 6.07) is 10.0. The van der Waals surface area contributed by atoms with E-state index in [-0.39, 0.29) is 11.8 Å². The van der Waals surface area contributed by atoms with Gasteiger partial charge in [-0.05, 0) is 33.8 Å². The highest BCUT2D eigenvalue weighted by molar-refractivity contribution is 5.76. The summed E-state index contributed by atoms with van der Waals surface area (Å²) in [5.74, 6) is 0.0390. The minimum absolute atomic E-state index is 0.0195. The van der Waals surface area contributed by atoms with Gasteiger partial charge in [0.1, 0.15) is 0 Å². The summed E-state index contributed by atoms with van der Waals surface area (Å²) < 4.78 is 16.9. The predicted octanol–water partition coefficient (Wildman–Crippen LogP) is 0.674. The van der Waals surface area contributed by atoms with E-state index in [1.54, 1.807) is 0 Å². The number of nitrogens with one attached hydrogen (secondary N) is 2. The van der Waals surface area contributed by atoms with Crippen LogP contribution in [0.5, 0.6) is 0 Å². The Morgan fingerprint density at radius 1 is 0.649 bits per heavy atom. The highest BCUT2D eigenvalue weighted by Gasteiger charge is 2.11. The molecule has 0 fully saturated rings. The van der Waals surface area contributed by atoms with Crippen LogP contribution in [0.25, 0.3) is 0 Å². The summed E-state index contributed by atoms with van der Waals surface area (Å²) in [5.41, 5.74) is 1.15. The van der Waals surface area contributed by atoms with Crippen LogP contribution in [0.2, 0.25) is 0 Å². The van der Waals surface area contributed by atoms with Gasteiger partial charge in [-0.15, -0.1) is 0 Å². The molecule has 2 amide bonds. The van der Waals surface area contributed by atoms with Crippen molar-refractivity contribution in [3.05, 3.63) is 35.9 Å². The van der Waals surface area contributed by atoms with Crippen LogP contribution >= 0.6 is 0 Å². The van der Waals surface area contributed by atoms with Crippen LogP contribution in [-0.2, 0) is 30.4 Å². The molecule has 2 N–H and O–H groups in total. The molecule has 10 nitrogen and oxygen atoms in total. The van der Waals surface area contributed by atoms with Gasteiger partial charge in [0.05, 0.1) is 39.6 Å². The Balaban J connectivity index is 2.21. The van der Waals surface area contributed by atoms with E-state index in [0.29, 0.717) is 85.2 Å². The fraction of sp³-hybridized carbons (Fsp3) is 0.704. The van der Waals surface area contributed by atoms with Crippen molar-refractivity contribution >= 4 is 11.8 Å². The summed E-state index contributed by atoms with van der Waals surface area (Å²) in [7, 11) is 7.90. The first-order valence-electron chi connectivity index (χ1n) is 13.2. The summed E-state index contributed by atoms with van der Waals surface area (Å²) >= 11 is 0. The van der Waals surface area contributed by atoms with Crippen molar-refractivity contribution in [1.29, 1.82) is 0 Å². The third kappa shape index (κ3) is 20.6. The number of likely N-dealkylation sites (N-methyl/N-ethyl adjacent to an activating group) is 2. The number of nitrogens with zero attached hydrogens (tertiary/aromatic N) is 3. The molecule has 1 rings (SSSR count). The molecule has 0 bridgehead atoms. The van der Waals surface area contributed by atoms with Crippen molar-refractivity contribution in [2.24, 2.45) is 0 Å². The molecule has 0 heterocycles. The topological polar surface area (TPSA) is 95.6 Å². The van der Waals surface area contributed by atoms with E-state index in [4.69, 9.17) is 14.2 Å². The molecule has 0 aliphatic rings. The molecule has 0 aromatic heterocycles. The van der Waals surface area contributed by atoms with Crippen LogP contribution in [0.1, 0.15) is 18.4 Å². The van der Waals surface area contributed by atoms with Crippen molar-refractivity contribution in [3.8, 4) is 0 Å². The van der Waals surface area contributed by atoms with Crippen LogP contribution in [0.15, 0.2) is 30.3 Å². The van der Waals surface area contributed by atoms with Crippen LogP contribution in [0.3, 0.4) is 0 Å². The Morgan fingerprint density at radius 3 is 1.65 bits per heavy atom. The molecule has 1 aromatic carbocycles. The Morgan fingerprint density at radius 2 is 1.14 bits per heavy atom. The second-order valence-electron chi connectivity index (χ2n) is 9.41. The Hall–Kier alpha value is -2.08. The Labute approximate surface area is 223 Å². The van der Waals surface area contributed by atoms with E-state index >= 15 is 0 Å². The average Bonchev–Trinajstić information content (AvgIpc) is 2.86. The summed E-state index contributed by atoms with van der Waals surface area (Å²) in [6.45, 7) is 7.81. The third-order valence-corrected chi connectivity index (χ3v) is 5.48. The zero-order valence-corrected chi connectivity index (χ0v) is 23.4. The van der Waals surface area contributed by atoms with Crippen molar-refractivity contribution in [2.45, 2.75) is 19.4 Å². The molecular formula is C27H49N5O5. The second kappa shape index (κ2) is 22.0. The standard InChI is InChI=1S/C27H49N5O5/c1-30(2)16-12-28-26(33)10-14-32(15-11-27(34)29-13-17-31(3)4)18-19-35-20-21-36-22-23-37-24-25-8-6-5-7-9-25/h5-9H,10-24H2,1-4H3,(H,28,33)(H,29,34). The van der Waals surface area contributed by atoms with Crippen molar-refractivity contribution in [1.82, 2.24) is 25.3 Å². The zero-order valence-electron chi connectivity index (χ0n) is 23.4. The number of ether oxygens (including phenoxy) is 3. The van der Waals surface area contributed by atoms with E-state index in [2.05, 4.69) is 15.5 Å². The minimum Gasteiger partial charge on any atom is -0.378 e. The first-order chi connectivity index (χ1) is 17.9. The van der Waals surface area contributed by atoms with Crippen molar-refractivity contribution < 1.29 is 23.8 Å². The molecule has 0 saturated heterocycles. The van der Waals surface area contributed by atoms with Crippen LogP contribution in [0, 0.1) is 0 Å². The molecule has 212 valence electrons. The monoisotopic (exact) mass is 523 g/mol. The summed E-state index contributed by atoms with van der Waals surface area (Å²) in [4.78, 5) is 30.5. The van der Waals surface area contributed by atoms with E-state index in [0.717, 1.165) is 18.7 Å². The molecule has 0 spiro atoms. The van der Waals surface area contributed by atoms with Crippen LogP contribution in [-0.4, -0.2) is 134 Å². The highest BCUT2D eigenvalue weighted by Crippen LogP contribution is 2.00. The smallest absolute Gasteiger partial charge is 0.221 e. The minimum atomic E-state index is 0.0195. The molecule has 0 aliphatic carbocycles. The van der Waals surface area contributed by atoms with Gasteiger partial charge in [-0.1, -0.05) is 30.3 Å². The quantitative estimate of drug-likeness (QED) is 0.202. The van der Waals surface area contributed by atoms with E-state index in [9.17, 15) is 9.59 Å². The maximum atomic E-state index is 12.2. The molecular weight excluding hydrogens is 474 g/mol. The number of carbonyl (C=O) groups excluding carboxylic acids is 2. The Kier molecular flexibility index (Phi) is 19.5.